The highest BCUT2D eigenvalue weighted by Gasteiger charge is 2.50. The number of halogens is 1. The van der Waals surface area contributed by atoms with E-state index in [0.29, 0.717) is 0 Å². The van der Waals surface area contributed by atoms with E-state index in [1.165, 1.54) is 0 Å². The predicted octanol–water partition coefficient (Wildman–Crippen LogP) is -4.42. The number of ether oxygens (including phenoxy) is 3. The molecule has 10 atom stereocenters. The lowest BCUT2D eigenvalue weighted by Gasteiger charge is -2.44. The molecule has 7 N–H and O–H groups in total. The van der Waals surface area contributed by atoms with Crippen LogP contribution in [0.5, 0.6) is 0 Å². The molecular formula is C12H21FO10. The van der Waals surface area contributed by atoms with Gasteiger partial charge in [0.1, 0.15) is 48.8 Å². The average molecular weight is 344 g/mol. The number of aliphatic hydroxyl groups is 7. The van der Waals surface area contributed by atoms with E-state index in [1.807, 2.05) is 0 Å². The lowest BCUT2D eigenvalue weighted by molar-refractivity contribution is -0.349. The Labute approximate surface area is 130 Å². The molecule has 0 radical (unpaired) electrons. The summed E-state index contributed by atoms with van der Waals surface area (Å²) in [5.74, 6) is 0. The third kappa shape index (κ3) is 3.64. The molecule has 10 nitrogen and oxygen atoms in total. The van der Waals surface area contributed by atoms with Crippen LogP contribution < -0.4 is 0 Å². The summed E-state index contributed by atoms with van der Waals surface area (Å²) in [7, 11) is 0. The van der Waals surface area contributed by atoms with E-state index in [0.717, 1.165) is 0 Å². The Hall–Kier alpha value is -0.470. The highest BCUT2D eigenvalue weighted by molar-refractivity contribution is 4.93. The zero-order chi connectivity index (χ0) is 17.3. The van der Waals surface area contributed by atoms with Gasteiger partial charge >= 0.3 is 0 Å². The first-order valence-corrected chi connectivity index (χ1v) is 7.04. The van der Waals surface area contributed by atoms with Crippen LogP contribution in [0.25, 0.3) is 0 Å². The van der Waals surface area contributed by atoms with Gasteiger partial charge in [-0.1, -0.05) is 0 Å². The molecule has 0 aromatic rings. The van der Waals surface area contributed by atoms with Gasteiger partial charge in [-0.15, -0.1) is 0 Å². The maximum atomic E-state index is 13.6. The van der Waals surface area contributed by atoms with Crippen LogP contribution in [0.3, 0.4) is 0 Å². The first kappa shape index (κ1) is 18.9. The Morgan fingerprint density at radius 3 is 1.87 bits per heavy atom. The van der Waals surface area contributed by atoms with Gasteiger partial charge in [-0.2, -0.15) is 0 Å². The van der Waals surface area contributed by atoms with Crippen LogP contribution >= 0.6 is 0 Å². The number of alkyl halides is 1. The number of hydrogen-bond donors (Lipinski definition) is 7. The molecular weight excluding hydrogens is 323 g/mol. The van der Waals surface area contributed by atoms with Crippen molar-refractivity contribution >= 4 is 0 Å². The van der Waals surface area contributed by atoms with Crippen LogP contribution in [0, 0.1) is 0 Å². The molecule has 136 valence electrons. The van der Waals surface area contributed by atoms with Gasteiger partial charge in [0.2, 0.25) is 6.36 Å². The molecule has 0 aromatic carbocycles. The normalized spacial score (nSPS) is 51.7. The van der Waals surface area contributed by atoms with Gasteiger partial charge in [-0.3, -0.25) is 0 Å². The average Bonchev–Trinajstić information content (AvgIpc) is 2.54. The monoisotopic (exact) mass is 344 g/mol. The lowest BCUT2D eigenvalue weighted by atomic mass is 9.97. The van der Waals surface area contributed by atoms with Crippen LogP contribution in [-0.2, 0) is 14.2 Å². The summed E-state index contributed by atoms with van der Waals surface area (Å²) >= 11 is 0. The van der Waals surface area contributed by atoms with E-state index < -0.39 is 74.7 Å². The summed E-state index contributed by atoms with van der Waals surface area (Å²) in [5.41, 5.74) is 0. The Bertz CT molecular complexity index is 385. The van der Waals surface area contributed by atoms with Crippen molar-refractivity contribution in [3.05, 3.63) is 0 Å². The van der Waals surface area contributed by atoms with Gasteiger partial charge in [0.25, 0.3) is 0 Å². The first-order chi connectivity index (χ1) is 10.8. The van der Waals surface area contributed by atoms with E-state index in [-0.39, 0.29) is 0 Å². The van der Waals surface area contributed by atoms with Gasteiger partial charge in [-0.25, -0.2) is 4.39 Å². The van der Waals surface area contributed by atoms with E-state index in [1.54, 1.807) is 0 Å². The second-order valence-electron chi connectivity index (χ2n) is 5.49. The molecule has 2 heterocycles. The first-order valence-electron chi connectivity index (χ1n) is 7.04. The van der Waals surface area contributed by atoms with Crippen molar-refractivity contribution < 1.29 is 54.3 Å². The second kappa shape index (κ2) is 7.61. The minimum absolute atomic E-state index is 0.700. The molecule has 0 unspecified atom stereocenters. The fourth-order valence-corrected chi connectivity index (χ4v) is 2.54. The van der Waals surface area contributed by atoms with Gasteiger partial charge in [-0.05, 0) is 0 Å². The molecule has 23 heavy (non-hydrogen) atoms. The fourth-order valence-electron chi connectivity index (χ4n) is 2.54. The van der Waals surface area contributed by atoms with Gasteiger partial charge in [0.05, 0.1) is 13.2 Å². The molecule has 2 saturated heterocycles. The smallest absolute Gasteiger partial charge is 0.228 e. The van der Waals surface area contributed by atoms with Crippen LogP contribution in [0.2, 0.25) is 0 Å². The SMILES string of the molecule is OC[C@H]1O[C@H](O[C@@H]2[C@@H](O)[C@@H](F)O[C@H](CO)[C@@H]2O)[C@H](O)[C@@H](O)[C@H]1O. The Balaban J connectivity index is 2.11. The lowest BCUT2D eigenvalue weighted by Crippen LogP contribution is -2.64. The van der Waals surface area contributed by atoms with Crippen LogP contribution in [0.4, 0.5) is 4.39 Å². The molecule has 0 saturated carbocycles. The number of rotatable bonds is 4. The van der Waals surface area contributed by atoms with Crippen molar-refractivity contribution in [3.63, 3.8) is 0 Å². The quantitative estimate of drug-likeness (QED) is 0.264. The van der Waals surface area contributed by atoms with Crippen molar-refractivity contribution in [1.82, 2.24) is 0 Å². The zero-order valence-corrected chi connectivity index (χ0v) is 11.9. The topological polar surface area (TPSA) is 169 Å². The molecule has 2 fully saturated rings. The van der Waals surface area contributed by atoms with Crippen molar-refractivity contribution in [2.45, 2.75) is 61.5 Å². The third-order valence-electron chi connectivity index (χ3n) is 3.95. The molecule has 0 amide bonds. The van der Waals surface area contributed by atoms with Gasteiger partial charge < -0.3 is 50.0 Å². The third-order valence-corrected chi connectivity index (χ3v) is 3.95. The van der Waals surface area contributed by atoms with Crippen molar-refractivity contribution in [1.29, 1.82) is 0 Å². The minimum atomic E-state index is -2.26. The van der Waals surface area contributed by atoms with E-state index in [9.17, 15) is 29.9 Å². The molecule has 0 aliphatic carbocycles. The fraction of sp³-hybridized carbons (Fsp3) is 1.00. The molecule has 0 aromatic heterocycles. The summed E-state index contributed by atoms with van der Waals surface area (Å²) in [4.78, 5) is 0. The van der Waals surface area contributed by atoms with Gasteiger partial charge in [0, 0.05) is 0 Å². The highest BCUT2D eigenvalue weighted by atomic mass is 19.1. The summed E-state index contributed by atoms with van der Waals surface area (Å²) in [5, 5.41) is 66.9. The van der Waals surface area contributed by atoms with E-state index in [4.69, 9.17) is 19.7 Å². The summed E-state index contributed by atoms with van der Waals surface area (Å²) < 4.78 is 28.3. The highest BCUT2D eigenvalue weighted by Crippen LogP contribution is 2.29. The largest absolute Gasteiger partial charge is 0.394 e. The standard InChI is InChI=1S/C12H21FO10/c13-11-9(20)10(6(17)4(2-15)21-11)23-12-8(19)7(18)5(16)3(1-14)22-12/h3-12,14-20H,1-2H2/t3-,4-,5+,6+,7+,8-,9-,10+,11+,12-/m1/s1. The van der Waals surface area contributed by atoms with Gasteiger partial charge in [0.15, 0.2) is 6.29 Å². The zero-order valence-electron chi connectivity index (χ0n) is 11.9. The molecule has 11 heteroatoms. The van der Waals surface area contributed by atoms with Crippen LogP contribution in [-0.4, -0.2) is 110 Å². The molecule has 2 aliphatic rings. The van der Waals surface area contributed by atoms with Crippen molar-refractivity contribution in [3.8, 4) is 0 Å². The molecule has 2 rings (SSSR count). The molecule has 2 aliphatic heterocycles. The Morgan fingerprint density at radius 1 is 0.739 bits per heavy atom. The predicted molar refractivity (Wildman–Crippen MR) is 67.5 cm³/mol. The maximum absolute atomic E-state index is 13.6. The summed E-state index contributed by atoms with van der Waals surface area (Å²) in [6, 6.07) is 0. The van der Waals surface area contributed by atoms with Crippen LogP contribution in [0.15, 0.2) is 0 Å². The van der Waals surface area contributed by atoms with E-state index in [2.05, 4.69) is 4.74 Å². The van der Waals surface area contributed by atoms with Crippen LogP contribution in [0.1, 0.15) is 0 Å². The Kier molecular flexibility index (Phi) is 6.24. The Morgan fingerprint density at radius 2 is 1.30 bits per heavy atom. The number of aliphatic hydroxyl groups excluding tert-OH is 7. The van der Waals surface area contributed by atoms with E-state index >= 15 is 0 Å². The second-order valence-corrected chi connectivity index (χ2v) is 5.49. The summed E-state index contributed by atoms with van der Waals surface area (Å²) in [6.45, 7) is -1.45. The van der Waals surface area contributed by atoms with Crippen molar-refractivity contribution in [2.24, 2.45) is 0 Å². The van der Waals surface area contributed by atoms with Crippen molar-refractivity contribution in [2.75, 3.05) is 13.2 Å². The molecule has 0 bridgehead atoms. The maximum Gasteiger partial charge on any atom is 0.228 e. The molecule has 0 spiro atoms. The summed E-state index contributed by atoms with van der Waals surface area (Å²) in [6.07, 6.45) is -16.9. The number of hydrogen-bond acceptors (Lipinski definition) is 10. The minimum Gasteiger partial charge on any atom is -0.394 e.